The summed E-state index contributed by atoms with van der Waals surface area (Å²) in [4.78, 5) is 8.95. The average molecular weight is 377 g/mol. The van der Waals surface area contributed by atoms with Crippen LogP contribution >= 0.6 is 0 Å². The Kier molecular flexibility index (Phi) is 4.47. The second kappa shape index (κ2) is 6.96. The van der Waals surface area contributed by atoms with Crippen LogP contribution in [0, 0.1) is 12.7 Å². The van der Waals surface area contributed by atoms with Crippen LogP contribution in [0.1, 0.15) is 29.8 Å². The largest absolute Gasteiger partial charge is 0.497 e. The minimum atomic E-state index is -0.438. The summed E-state index contributed by atoms with van der Waals surface area (Å²) in [5, 5.41) is 0.671. The molecule has 142 valence electrons. The van der Waals surface area contributed by atoms with E-state index in [9.17, 15) is 4.39 Å². The zero-order chi connectivity index (χ0) is 19.8. The van der Waals surface area contributed by atoms with Gasteiger partial charge in [0, 0.05) is 22.4 Å². The lowest BCUT2D eigenvalue weighted by Crippen LogP contribution is -2.09. The molecule has 2 heterocycles. The molecule has 2 aromatic heterocycles. The van der Waals surface area contributed by atoms with Crippen molar-refractivity contribution in [1.29, 1.82) is 0 Å². The number of rotatable bonds is 4. The minimum Gasteiger partial charge on any atom is -0.497 e. The zero-order valence-corrected chi connectivity index (χ0v) is 15.9. The van der Waals surface area contributed by atoms with Crippen molar-refractivity contribution >= 4 is 16.8 Å². The number of aromatic nitrogens is 2. The van der Waals surface area contributed by atoms with Gasteiger partial charge in [0.25, 0.3) is 0 Å². The molecular formula is C22H20FN3O2. The van der Waals surface area contributed by atoms with E-state index in [-0.39, 0.29) is 11.5 Å². The number of fused-ring (bicyclic) bond motifs is 1. The third-order valence-corrected chi connectivity index (χ3v) is 4.89. The minimum absolute atomic E-state index is 0.117. The zero-order valence-electron chi connectivity index (χ0n) is 15.9. The van der Waals surface area contributed by atoms with Crippen LogP contribution in [0.2, 0.25) is 0 Å². The van der Waals surface area contributed by atoms with Crippen LogP contribution in [-0.4, -0.2) is 17.1 Å². The number of benzene rings is 2. The van der Waals surface area contributed by atoms with E-state index in [0.717, 1.165) is 16.9 Å². The number of nitrogen functional groups attached to an aromatic ring is 1. The molecule has 1 unspecified atom stereocenters. The molecule has 0 aliphatic carbocycles. The first kappa shape index (κ1) is 18.0. The molecule has 0 aliphatic rings. The van der Waals surface area contributed by atoms with E-state index >= 15 is 0 Å². The number of nitrogens with zero attached hydrogens (tertiary/aromatic N) is 2. The van der Waals surface area contributed by atoms with Gasteiger partial charge in [-0.2, -0.15) is 0 Å². The van der Waals surface area contributed by atoms with Gasteiger partial charge < -0.3 is 14.9 Å². The topological polar surface area (TPSA) is 74.2 Å². The Morgan fingerprint density at radius 1 is 1.14 bits per heavy atom. The quantitative estimate of drug-likeness (QED) is 0.537. The molecule has 1 atom stereocenters. The van der Waals surface area contributed by atoms with E-state index in [2.05, 4.69) is 9.97 Å². The number of furan rings is 1. The molecule has 0 radical (unpaired) electrons. The van der Waals surface area contributed by atoms with Gasteiger partial charge in [-0.1, -0.05) is 19.1 Å². The molecule has 0 saturated carbocycles. The first-order chi connectivity index (χ1) is 13.5. The van der Waals surface area contributed by atoms with E-state index < -0.39 is 5.82 Å². The monoisotopic (exact) mass is 377 g/mol. The van der Waals surface area contributed by atoms with Crippen LogP contribution < -0.4 is 10.5 Å². The smallest absolute Gasteiger partial charge is 0.169 e. The summed E-state index contributed by atoms with van der Waals surface area (Å²) in [6.07, 6.45) is 1.47. The van der Waals surface area contributed by atoms with Gasteiger partial charge in [-0.05, 0) is 42.8 Å². The van der Waals surface area contributed by atoms with Crippen molar-refractivity contribution < 1.29 is 13.5 Å². The van der Waals surface area contributed by atoms with E-state index in [1.807, 2.05) is 37.3 Å². The van der Waals surface area contributed by atoms with E-state index in [1.54, 1.807) is 20.1 Å². The Hall–Kier alpha value is -3.41. The lowest BCUT2D eigenvalue weighted by molar-refractivity contribution is 0.414. The average Bonchev–Trinajstić information content (AvgIpc) is 3.16. The molecule has 0 saturated heterocycles. The number of ether oxygens (including phenoxy) is 1. The van der Waals surface area contributed by atoms with Gasteiger partial charge in [-0.15, -0.1) is 0 Å². The number of hydrogen-bond donors (Lipinski definition) is 1. The van der Waals surface area contributed by atoms with Crippen LogP contribution in [0.3, 0.4) is 0 Å². The summed E-state index contributed by atoms with van der Waals surface area (Å²) in [7, 11) is 1.63. The van der Waals surface area contributed by atoms with Crippen molar-refractivity contribution in [3.63, 3.8) is 0 Å². The number of anilines is 1. The van der Waals surface area contributed by atoms with Crippen molar-refractivity contribution in [2.45, 2.75) is 19.8 Å². The second-order valence-corrected chi connectivity index (χ2v) is 6.71. The fourth-order valence-corrected chi connectivity index (χ4v) is 3.50. The number of methoxy groups -OCH3 is 1. The number of halogens is 1. The highest BCUT2D eigenvalue weighted by Gasteiger charge is 2.22. The van der Waals surface area contributed by atoms with E-state index in [0.29, 0.717) is 28.3 Å². The lowest BCUT2D eigenvalue weighted by Gasteiger charge is -2.19. The highest BCUT2D eigenvalue weighted by molar-refractivity contribution is 5.84. The molecule has 28 heavy (non-hydrogen) atoms. The van der Waals surface area contributed by atoms with E-state index in [4.69, 9.17) is 14.9 Å². The summed E-state index contributed by atoms with van der Waals surface area (Å²) in [5.74, 6) is 1.11. The van der Waals surface area contributed by atoms with Gasteiger partial charge in [-0.25, -0.2) is 14.4 Å². The van der Waals surface area contributed by atoms with Gasteiger partial charge in [0.15, 0.2) is 11.4 Å². The molecule has 6 heteroatoms. The van der Waals surface area contributed by atoms with Crippen LogP contribution in [0.4, 0.5) is 10.2 Å². The normalized spacial score (nSPS) is 12.3. The molecule has 2 N–H and O–H groups in total. The van der Waals surface area contributed by atoms with Crippen molar-refractivity contribution in [2.24, 2.45) is 0 Å². The molecule has 5 nitrogen and oxygen atoms in total. The summed E-state index contributed by atoms with van der Waals surface area (Å²) in [6.45, 7) is 3.79. The van der Waals surface area contributed by atoms with Gasteiger partial charge >= 0.3 is 0 Å². The predicted octanol–water partition coefficient (Wildman–Crippen LogP) is 5.08. The lowest BCUT2D eigenvalue weighted by atomic mass is 9.89. The molecule has 2 aromatic carbocycles. The maximum Gasteiger partial charge on any atom is 0.169 e. The Labute approximate surface area is 162 Å². The van der Waals surface area contributed by atoms with Crippen molar-refractivity contribution in [1.82, 2.24) is 9.97 Å². The molecule has 0 fully saturated rings. The standard InChI is InChI=1S/C22H20FN3O2/c1-12(14-5-4-6-17(10-14)27-3)19-20(25-13(2)26-22(19)24)16-9-15-7-8-28-21(15)18(23)11-16/h4-12H,1-3H3,(H2,24,25,26). The molecule has 0 bridgehead atoms. The maximum atomic E-state index is 14.5. The first-order valence-electron chi connectivity index (χ1n) is 8.93. The fraction of sp³-hybridized carbons (Fsp3) is 0.182. The number of hydrogen-bond acceptors (Lipinski definition) is 5. The molecule has 0 amide bonds. The fourth-order valence-electron chi connectivity index (χ4n) is 3.50. The van der Waals surface area contributed by atoms with Gasteiger partial charge in [0.2, 0.25) is 0 Å². The molecule has 0 aliphatic heterocycles. The van der Waals surface area contributed by atoms with Gasteiger partial charge in [0.05, 0.1) is 19.1 Å². The van der Waals surface area contributed by atoms with Crippen molar-refractivity contribution in [3.05, 3.63) is 71.5 Å². The van der Waals surface area contributed by atoms with Crippen LogP contribution in [-0.2, 0) is 0 Å². The van der Waals surface area contributed by atoms with Crippen molar-refractivity contribution in [2.75, 3.05) is 12.8 Å². The third kappa shape index (κ3) is 3.07. The maximum absolute atomic E-state index is 14.5. The Morgan fingerprint density at radius 3 is 2.75 bits per heavy atom. The summed E-state index contributed by atoms with van der Waals surface area (Å²) >= 11 is 0. The molecule has 4 rings (SSSR count). The highest BCUT2D eigenvalue weighted by Crippen LogP contribution is 2.37. The summed E-state index contributed by atoms with van der Waals surface area (Å²) in [5.41, 5.74) is 9.53. The Morgan fingerprint density at radius 2 is 1.96 bits per heavy atom. The van der Waals surface area contributed by atoms with Gasteiger partial charge in [-0.3, -0.25) is 0 Å². The number of nitrogens with two attached hydrogens (primary N) is 1. The molecule has 4 aromatic rings. The first-order valence-corrected chi connectivity index (χ1v) is 8.93. The van der Waals surface area contributed by atoms with Crippen LogP contribution in [0.5, 0.6) is 5.75 Å². The van der Waals surface area contributed by atoms with Crippen LogP contribution in [0.25, 0.3) is 22.2 Å². The SMILES string of the molecule is COc1cccc(C(C)c2c(N)nc(C)nc2-c2cc(F)c3occc3c2)c1. The van der Waals surface area contributed by atoms with Gasteiger partial charge in [0.1, 0.15) is 17.4 Å². The Balaban J connectivity index is 1.92. The summed E-state index contributed by atoms with van der Waals surface area (Å²) < 4.78 is 25.1. The highest BCUT2D eigenvalue weighted by atomic mass is 19.1. The Bertz CT molecular complexity index is 1170. The molecule has 0 spiro atoms. The van der Waals surface area contributed by atoms with Crippen molar-refractivity contribution in [3.8, 4) is 17.0 Å². The second-order valence-electron chi connectivity index (χ2n) is 6.71. The number of aryl methyl sites for hydroxylation is 1. The molecular weight excluding hydrogens is 357 g/mol. The summed E-state index contributed by atoms with van der Waals surface area (Å²) in [6, 6.07) is 12.8. The third-order valence-electron chi connectivity index (χ3n) is 4.89. The van der Waals surface area contributed by atoms with E-state index in [1.165, 1.54) is 12.3 Å². The predicted molar refractivity (Wildman–Crippen MR) is 107 cm³/mol. The van der Waals surface area contributed by atoms with Crippen LogP contribution in [0.15, 0.2) is 53.1 Å².